The van der Waals surface area contributed by atoms with Crippen LogP contribution in [0.15, 0.2) is 66.7 Å². The molecule has 0 aliphatic rings. The molecule has 5 nitrogen and oxygen atoms in total. The van der Waals surface area contributed by atoms with Crippen LogP contribution < -0.4 is 4.74 Å². The van der Waals surface area contributed by atoms with Crippen molar-refractivity contribution in [1.29, 1.82) is 0 Å². The number of ether oxygens (including phenoxy) is 2. The number of carbonyl (C=O) groups excluding carboxylic acids is 1. The summed E-state index contributed by atoms with van der Waals surface area (Å²) in [6.45, 7) is 2.01. The normalized spacial score (nSPS) is 11.5. The quantitative estimate of drug-likeness (QED) is 0.345. The third-order valence-electron chi connectivity index (χ3n) is 4.93. The molecule has 164 valence electrons. The number of nitrogens with zero attached hydrogens (tertiary/aromatic N) is 2. The number of alkyl halides is 3. The van der Waals surface area contributed by atoms with Crippen LogP contribution in [0.4, 0.5) is 13.2 Å². The molecule has 1 heterocycles. The smallest absolute Gasteiger partial charge is 0.416 e. The molecule has 0 bridgehead atoms. The number of para-hydroxylation sites is 1. The van der Waals surface area contributed by atoms with Crippen molar-refractivity contribution in [2.75, 3.05) is 6.61 Å². The molecule has 0 N–H and O–H groups in total. The minimum Gasteiger partial charge on any atom is -0.462 e. The van der Waals surface area contributed by atoms with E-state index in [9.17, 15) is 18.0 Å². The molecule has 32 heavy (non-hydrogen) atoms. The molecule has 4 aromatic rings. The van der Waals surface area contributed by atoms with Gasteiger partial charge in [0.25, 0.3) is 0 Å². The van der Waals surface area contributed by atoms with E-state index in [-0.39, 0.29) is 18.4 Å². The van der Waals surface area contributed by atoms with Gasteiger partial charge in [-0.25, -0.2) is 4.79 Å². The van der Waals surface area contributed by atoms with Gasteiger partial charge in [-0.15, -0.1) is 0 Å². The van der Waals surface area contributed by atoms with Gasteiger partial charge in [0, 0.05) is 12.6 Å². The highest BCUT2D eigenvalue weighted by molar-refractivity contribution is 5.96. The number of carbonyl (C=O) groups is 1. The molecule has 0 aliphatic heterocycles. The molecule has 8 heteroatoms. The molecule has 0 saturated heterocycles. The minimum atomic E-state index is -4.47. The molecular weight excluding hydrogens is 421 g/mol. The molecule has 4 rings (SSSR count). The SMILES string of the molecule is CCOC(=O)c1cccc(-c2cccc3c2nc(Oc2cccc(C(F)(F)F)c2)n3C)c1. The number of hydrogen-bond acceptors (Lipinski definition) is 4. The third-order valence-corrected chi connectivity index (χ3v) is 4.93. The fraction of sp³-hybridized carbons (Fsp3) is 0.167. The summed E-state index contributed by atoms with van der Waals surface area (Å²) in [5.74, 6) is -0.389. The van der Waals surface area contributed by atoms with E-state index >= 15 is 0 Å². The Labute approximate surface area is 182 Å². The average molecular weight is 440 g/mol. The first-order valence-corrected chi connectivity index (χ1v) is 9.86. The Morgan fingerprint density at radius 3 is 2.53 bits per heavy atom. The highest BCUT2D eigenvalue weighted by atomic mass is 19.4. The lowest BCUT2D eigenvalue weighted by Gasteiger charge is -2.09. The molecular formula is C24H19F3N2O3. The molecule has 0 atom stereocenters. The first-order chi connectivity index (χ1) is 15.3. The molecule has 3 aromatic carbocycles. The molecule has 0 fully saturated rings. The number of benzene rings is 3. The van der Waals surface area contributed by atoms with Crippen LogP contribution >= 0.6 is 0 Å². The van der Waals surface area contributed by atoms with Crippen LogP contribution in [0.1, 0.15) is 22.8 Å². The topological polar surface area (TPSA) is 53.4 Å². The first kappa shape index (κ1) is 21.4. The highest BCUT2D eigenvalue weighted by Crippen LogP contribution is 2.35. The average Bonchev–Trinajstić information content (AvgIpc) is 3.09. The van der Waals surface area contributed by atoms with E-state index in [1.807, 2.05) is 24.3 Å². The van der Waals surface area contributed by atoms with E-state index in [1.165, 1.54) is 12.1 Å². The van der Waals surface area contributed by atoms with E-state index in [0.29, 0.717) is 11.1 Å². The maximum atomic E-state index is 13.0. The Bertz CT molecular complexity index is 1300. The summed E-state index contributed by atoms with van der Waals surface area (Å²) in [6.07, 6.45) is -4.47. The molecule has 1 aromatic heterocycles. The van der Waals surface area contributed by atoms with Gasteiger partial charge in [0.05, 0.1) is 23.3 Å². The van der Waals surface area contributed by atoms with E-state index in [4.69, 9.17) is 9.47 Å². The lowest BCUT2D eigenvalue weighted by molar-refractivity contribution is -0.137. The summed E-state index contributed by atoms with van der Waals surface area (Å²) in [5, 5.41) is 0. The Kier molecular flexibility index (Phi) is 5.61. The number of rotatable bonds is 5. The van der Waals surface area contributed by atoms with Crippen LogP contribution in [-0.2, 0) is 18.0 Å². The van der Waals surface area contributed by atoms with Gasteiger partial charge in [0.2, 0.25) is 0 Å². The van der Waals surface area contributed by atoms with Crippen molar-refractivity contribution in [3.63, 3.8) is 0 Å². The fourth-order valence-corrected chi connectivity index (χ4v) is 3.39. The zero-order chi connectivity index (χ0) is 22.9. The van der Waals surface area contributed by atoms with Crippen LogP contribution in [0.5, 0.6) is 11.8 Å². The summed E-state index contributed by atoms with van der Waals surface area (Å²) in [4.78, 5) is 16.6. The number of fused-ring (bicyclic) bond motifs is 1. The number of halogens is 3. The van der Waals surface area contributed by atoms with Crippen molar-refractivity contribution in [3.05, 3.63) is 77.9 Å². The lowest BCUT2D eigenvalue weighted by atomic mass is 10.0. The summed E-state index contributed by atoms with van der Waals surface area (Å²) >= 11 is 0. The van der Waals surface area contributed by atoms with Gasteiger partial charge < -0.3 is 9.47 Å². The second-order valence-corrected chi connectivity index (χ2v) is 7.06. The Morgan fingerprint density at radius 1 is 1.03 bits per heavy atom. The number of esters is 1. The van der Waals surface area contributed by atoms with Gasteiger partial charge in [-0.1, -0.05) is 30.3 Å². The summed E-state index contributed by atoms with van der Waals surface area (Å²) < 4.78 is 51.5. The van der Waals surface area contributed by atoms with Crippen molar-refractivity contribution in [3.8, 4) is 22.9 Å². The largest absolute Gasteiger partial charge is 0.462 e. The number of aryl methyl sites for hydroxylation is 1. The summed E-state index contributed by atoms with van der Waals surface area (Å²) in [7, 11) is 1.72. The Morgan fingerprint density at radius 2 is 1.78 bits per heavy atom. The van der Waals surface area contributed by atoms with Crippen molar-refractivity contribution in [1.82, 2.24) is 9.55 Å². The number of hydrogen-bond donors (Lipinski definition) is 0. The van der Waals surface area contributed by atoms with E-state index in [2.05, 4.69) is 4.98 Å². The van der Waals surface area contributed by atoms with Crippen LogP contribution in [0.25, 0.3) is 22.2 Å². The molecule has 0 saturated carbocycles. The van der Waals surface area contributed by atoms with Gasteiger partial charge in [-0.05, 0) is 48.9 Å². The predicted molar refractivity (Wildman–Crippen MR) is 114 cm³/mol. The standard InChI is InChI=1S/C24H19F3N2O3/c1-3-31-22(30)16-8-4-7-15(13-16)19-11-6-12-20-21(19)28-23(29(20)2)32-18-10-5-9-17(14-18)24(25,26)27/h4-14H,3H2,1-2H3. The Hall–Kier alpha value is -3.81. The maximum Gasteiger partial charge on any atom is 0.416 e. The van der Waals surface area contributed by atoms with Gasteiger partial charge in [0.15, 0.2) is 0 Å². The van der Waals surface area contributed by atoms with Crippen molar-refractivity contribution < 1.29 is 27.4 Å². The first-order valence-electron chi connectivity index (χ1n) is 9.86. The lowest BCUT2D eigenvalue weighted by Crippen LogP contribution is -2.04. The van der Waals surface area contributed by atoms with Gasteiger partial charge in [-0.2, -0.15) is 18.2 Å². The zero-order valence-corrected chi connectivity index (χ0v) is 17.3. The molecule has 0 spiro atoms. The van der Waals surface area contributed by atoms with Crippen molar-refractivity contribution in [2.45, 2.75) is 13.1 Å². The zero-order valence-electron chi connectivity index (χ0n) is 17.3. The van der Waals surface area contributed by atoms with Gasteiger partial charge >= 0.3 is 18.2 Å². The highest BCUT2D eigenvalue weighted by Gasteiger charge is 2.30. The predicted octanol–water partition coefficient (Wildman–Crippen LogP) is 6.23. The minimum absolute atomic E-state index is 0.0316. The van der Waals surface area contributed by atoms with Crippen LogP contribution in [0, 0.1) is 0 Å². The maximum absolute atomic E-state index is 13.0. The van der Waals surface area contributed by atoms with E-state index in [1.54, 1.807) is 36.7 Å². The second kappa shape index (κ2) is 8.37. The van der Waals surface area contributed by atoms with Crippen LogP contribution in [-0.4, -0.2) is 22.1 Å². The van der Waals surface area contributed by atoms with Crippen LogP contribution in [0.3, 0.4) is 0 Å². The third kappa shape index (κ3) is 4.16. The Balaban J connectivity index is 1.74. The number of aromatic nitrogens is 2. The van der Waals surface area contributed by atoms with E-state index < -0.39 is 17.7 Å². The summed E-state index contributed by atoms with van der Waals surface area (Å²) in [5.41, 5.74) is 2.44. The molecule has 0 amide bonds. The monoisotopic (exact) mass is 440 g/mol. The fourth-order valence-electron chi connectivity index (χ4n) is 3.39. The van der Waals surface area contributed by atoms with E-state index in [0.717, 1.165) is 28.8 Å². The van der Waals surface area contributed by atoms with Crippen molar-refractivity contribution >= 4 is 17.0 Å². The molecule has 0 radical (unpaired) electrons. The van der Waals surface area contributed by atoms with Crippen molar-refractivity contribution in [2.24, 2.45) is 7.05 Å². The summed E-state index contributed by atoms with van der Waals surface area (Å²) in [6, 6.07) is 17.3. The van der Waals surface area contributed by atoms with Gasteiger partial charge in [0.1, 0.15) is 11.3 Å². The molecule has 0 unspecified atom stereocenters. The van der Waals surface area contributed by atoms with Gasteiger partial charge in [-0.3, -0.25) is 4.57 Å². The second-order valence-electron chi connectivity index (χ2n) is 7.06. The van der Waals surface area contributed by atoms with Crippen LogP contribution in [0.2, 0.25) is 0 Å². The number of imidazole rings is 1. The molecule has 0 aliphatic carbocycles.